The van der Waals surface area contributed by atoms with E-state index in [2.05, 4.69) is 10.6 Å². The summed E-state index contributed by atoms with van der Waals surface area (Å²) in [5, 5.41) is 5.66. The SMILES string of the molecule is Cc1ccc(/C=C/C(=O)Nc2cccc(C(=O)NC3CC3)c2)o1. The second kappa shape index (κ2) is 6.52. The maximum absolute atomic E-state index is 12.0. The molecule has 2 amide bonds. The molecule has 0 aliphatic heterocycles. The van der Waals surface area contributed by atoms with Gasteiger partial charge in [-0.3, -0.25) is 9.59 Å². The van der Waals surface area contributed by atoms with E-state index in [-0.39, 0.29) is 11.8 Å². The smallest absolute Gasteiger partial charge is 0.251 e. The van der Waals surface area contributed by atoms with Gasteiger partial charge in [-0.1, -0.05) is 6.07 Å². The van der Waals surface area contributed by atoms with E-state index in [9.17, 15) is 9.59 Å². The number of aryl methyl sites for hydroxylation is 1. The first-order valence-corrected chi connectivity index (χ1v) is 7.56. The predicted molar refractivity (Wildman–Crippen MR) is 88.0 cm³/mol. The minimum absolute atomic E-state index is 0.106. The monoisotopic (exact) mass is 310 g/mol. The molecule has 1 aromatic carbocycles. The first kappa shape index (κ1) is 15.1. The molecule has 5 nitrogen and oxygen atoms in total. The quantitative estimate of drug-likeness (QED) is 0.833. The number of rotatable bonds is 5. The molecule has 23 heavy (non-hydrogen) atoms. The first-order chi connectivity index (χ1) is 11.1. The number of nitrogens with one attached hydrogen (secondary N) is 2. The van der Waals surface area contributed by atoms with Gasteiger partial charge in [0.2, 0.25) is 5.91 Å². The van der Waals surface area contributed by atoms with Gasteiger partial charge in [-0.25, -0.2) is 0 Å². The molecule has 2 aromatic rings. The topological polar surface area (TPSA) is 71.3 Å². The van der Waals surface area contributed by atoms with Gasteiger partial charge in [-0.05, 0) is 56.2 Å². The molecular formula is C18H18N2O3. The molecule has 2 N–H and O–H groups in total. The summed E-state index contributed by atoms with van der Waals surface area (Å²) in [6, 6.07) is 10.8. The summed E-state index contributed by atoms with van der Waals surface area (Å²) in [5.74, 6) is 1.03. The number of amides is 2. The summed E-state index contributed by atoms with van der Waals surface area (Å²) in [4.78, 5) is 23.9. The summed E-state index contributed by atoms with van der Waals surface area (Å²) >= 11 is 0. The Bertz CT molecular complexity index is 757. The average Bonchev–Trinajstić information content (AvgIpc) is 3.25. The second-order valence-electron chi connectivity index (χ2n) is 5.60. The fourth-order valence-electron chi connectivity index (χ4n) is 2.12. The van der Waals surface area contributed by atoms with Gasteiger partial charge in [0.15, 0.2) is 0 Å². The van der Waals surface area contributed by atoms with Gasteiger partial charge in [0, 0.05) is 23.4 Å². The van der Waals surface area contributed by atoms with Crippen LogP contribution in [-0.2, 0) is 4.79 Å². The van der Waals surface area contributed by atoms with E-state index in [4.69, 9.17) is 4.42 Å². The fourth-order valence-corrected chi connectivity index (χ4v) is 2.12. The minimum Gasteiger partial charge on any atom is -0.462 e. The normalized spacial score (nSPS) is 14.0. The van der Waals surface area contributed by atoms with Crippen LogP contribution in [0.3, 0.4) is 0 Å². The van der Waals surface area contributed by atoms with Gasteiger partial charge < -0.3 is 15.1 Å². The zero-order valence-corrected chi connectivity index (χ0v) is 12.8. The van der Waals surface area contributed by atoms with Crippen molar-refractivity contribution in [3.8, 4) is 0 Å². The molecule has 3 rings (SSSR count). The van der Waals surface area contributed by atoms with E-state index in [1.165, 1.54) is 6.08 Å². The molecule has 1 fully saturated rings. The number of carbonyl (C=O) groups is 2. The summed E-state index contributed by atoms with van der Waals surface area (Å²) in [5.41, 5.74) is 1.12. The van der Waals surface area contributed by atoms with Crippen molar-refractivity contribution in [1.82, 2.24) is 5.32 Å². The third-order valence-corrected chi connectivity index (χ3v) is 3.46. The number of hydrogen-bond donors (Lipinski definition) is 2. The highest BCUT2D eigenvalue weighted by atomic mass is 16.3. The van der Waals surface area contributed by atoms with Gasteiger partial charge in [-0.2, -0.15) is 0 Å². The molecule has 0 saturated heterocycles. The van der Waals surface area contributed by atoms with Crippen molar-refractivity contribution in [2.45, 2.75) is 25.8 Å². The minimum atomic E-state index is -0.279. The van der Waals surface area contributed by atoms with Crippen molar-refractivity contribution >= 4 is 23.6 Å². The summed E-state index contributed by atoms with van der Waals surface area (Å²) < 4.78 is 5.36. The van der Waals surface area contributed by atoms with Crippen molar-refractivity contribution < 1.29 is 14.0 Å². The molecule has 1 aliphatic carbocycles. The Balaban J connectivity index is 1.61. The number of carbonyl (C=O) groups excluding carboxylic acids is 2. The molecule has 0 atom stereocenters. The summed E-state index contributed by atoms with van der Waals surface area (Å²) in [7, 11) is 0. The number of benzene rings is 1. The largest absolute Gasteiger partial charge is 0.462 e. The van der Waals surface area contributed by atoms with Crippen LogP contribution < -0.4 is 10.6 Å². The van der Waals surface area contributed by atoms with Crippen LogP contribution >= 0.6 is 0 Å². The molecule has 0 bridgehead atoms. The maximum atomic E-state index is 12.0. The molecular weight excluding hydrogens is 292 g/mol. The third kappa shape index (κ3) is 4.32. The van der Waals surface area contributed by atoms with Crippen molar-refractivity contribution in [3.63, 3.8) is 0 Å². The molecule has 1 heterocycles. The number of furan rings is 1. The van der Waals surface area contributed by atoms with Crippen LogP contribution in [0.1, 0.15) is 34.7 Å². The van der Waals surface area contributed by atoms with Gasteiger partial charge in [0.1, 0.15) is 11.5 Å². The first-order valence-electron chi connectivity index (χ1n) is 7.56. The Morgan fingerprint density at radius 3 is 2.74 bits per heavy atom. The van der Waals surface area contributed by atoms with Gasteiger partial charge in [-0.15, -0.1) is 0 Å². The van der Waals surface area contributed by atoms with Crippen molar-refractivity contribution in [2.75, 3.05) is 5.32 Å². The molecule has 0 spiro atoms. The standard InChI is InChI=1S/C18H18N2O3/c1-12-5-8-16(23-12)9-10-17(21)19-15-4-2-3-13(11-15)18(22)20-14-6-7-14/h2-5,8-11,14H,6-7H2,1H3,(H,19,21)(H,20,22)/b10-9+. The Kier molecular flexibility index (Phi) is 4.28. The lowest BCUT2D eigenvalue weighted by molar-refractivity contribution is -0.111. The molecule has 118 valence electrons. The highest BCUT2D eigenvalue weighted by Crippen LogP contribution is 2.20. The van der Waals surface area contributed by atoms with Crippen LogP contribution in [0.4, 0.5) is 5.69 Å². The van der Waals surface area contributed by atoms with Crippen LogP contribution in [0.15, 0.2) is 46.9 Å². The maximum Gasteiger partial charge on any atom is 0.251 e. The molecule has 0 radical (unpaired) electrons. The summed E-state index contributed by atoms with van der Waals surface area (Å²) in [6.07, 6.45) is 5.08. The number of hydrogen-bond acceptors (Lipinski definition) is 3. The molecule has 0 unspecified atom stereocenters. The lowest BCUT2D eigenvalue weighted by Gasteiger charge is -2.06. The molecule has 1 aliphatic rings. The van der Waals surface area contributed by atoms with E-state index < -0.39 is 0 Å². The van der Waals surface area contributed by atoms with E-state index >= 15 is 0 Å². The average molecular weight is 310 g/mol. The van der Waals surface area contributed by atoms with E-state index in [1.54, 1.807) is 36.4 Å². The zero-order chi connectivity index (χ0) is 16.2. The highest BCUT2D eigenvalue weighted by Gasteiger charge is 2.23. The van der Waals surface area contributed by atoms with Crippen LogP contribution in [0.2, 0.25) is 0 Å². The Hall–Kier alpha value is -2.82. The molecule has 5 heteroatoms. The second-order valence-corrected chi connectivity index (χ2v) is 5.60. The lowest BCUT2D eigenvalue weighted by Crippen LogP contribution is -2.25. The predicted octanol–water partition coefficient (Wildman–Crippen LogP) is 3.13. The van der Waals surface area contributed by atoms with Gasteiger partial charge in [0.05, 0.1) is 0 Å². The van der Waals surface area contributed by atoms with E-state index in [0.717, 1.165) is 18.6 Å². The van der Waals surface area contributed by atoms with Crippen molar-refractivity contribution in [3.05, 3.63) is 59.6 Å². The van der Waals surface area contributed by atoms with Crippen LogP contribution in [0.5, 0.6) is 0 Å². The van der Waals surface area contributed by atoms with E-state index in [1.807, 2.05) is 13.0 Å². The van der Waals surface area contributed by atoms with E-state index in [0.29, 0.717) is 23.1 Å². The molecule has 1 saturated carbocycles. The lowest BCUT2D eigenvalue weighted by atomic mass is 10.2. The molecule has 1 aromatic heterocycles. The van der Waals surface area contributed by atoms with Gasteiger partial charge >= 0.3 is 0 Å². The number of anilines is 1. The van der Waals surface area contributed by atoms with Crippen molar-refractivity contribution in [1.29, 1.82) is 0 Å². The summed E-state index contributed by atoms with van der Waals surface area (Å²) in [6.45, 7) is 1.84. The van der Waals surface area contributed by atoms with Crippen LogP contribution in [0, 0.1) is 6.92 Å². The zero-order valence-electron chi connectivity index (χ0n) is 12.8. The highest BCUT2D eigenvalue weighted by molar-refractivity contribution is 6.03. The van der Waals surface area contributed by atoms with Crippen molar-refractivity contribution in [2.24, 2.45) is 0 Å². The fraction of sp³-hybridized carbons (Fsp3) is 0.222. The third-order valence-electron chi connectivity index (χ3n) is 3.46. The Morgan fingerprint density at radius 1 is 1.22 bits per heavy atom. The van der Waals surface area contributed by atoms with Crippen LogP contribution in [-0.4, -0.2) is 17.9 Å². The van der Waals surface area contributed by atoms with Crippen LogP contribution in [0.25, 0.3) is 6.08 Å². The Morgan fingerprint density at radius 2 is 2.04 bits per heavy atom. The Labute approximate surface area is 134 Å². The van der Waals surface area contributed by atoms with Gasteiger partial charge in [0.25, 0.3) is 5.91 Å².